The first-order valence-electron chi connectivity index (χ1n) is 11.9. The van der Waals surface area contributed by atoms with E-state index in [1.807, 2.05) is 49.7 Å². The van der Waals surface area contributed by atoms with Crippen molar-refractivity contribution in [3.05, 3.63) is 76.5 Å². The van der Waals surface area contributed by atoms with Crippen LogP contribution in [-0.4, -0.2) is 40.4 Å². The average Bonchev–Trinajstić information content (AvgIpc) is 3.20. The number of esters is 1. The second-order valence-corrected chi connectivity index (χ2v) is 8.61. The van der Waals surface area contributed by atoms with Crippen molar-refractivity contribution in [2.45, 2.75) is 40.5 Å². The van der Waals surface area contributed by atoms with E-state index in [9.17, 15) is 9.59 Å². The van der Waals surface area contributed by atoms with Crippen LogP contribution in [0.15, 0.2) is 48.5 Å². The van der Waals surface area contributed by atoms with Crippen molar-refractivity contribution in [1.82, 2.24) is 14.8 Å². The number of ether oxygens (including phenoxy) is 2. The maximum absolute atomic E-state index is 12.7. The largest absolute Gasteiger partial charge is 0.481 e. The summed E-state index contributed by atoms with van der Waals surface area (Å²) in [5.74, 6) is -0.120. The number of carbonyl (C=O) groups is 2. The van der Waals surface area contributed by atoms with Crippen LogP contribution in [-0.2, 0) is 16.0 Å². The van der Waals surface area contributed by atoms with Crippen molar-refractivity contribution in [3.63, 3.8) is 0 Å². The molecule has 186 valence electrons. The summed E-state index contributed by atoms with van der Waals surface area (Å²) < 4.78 is 12.5. The average molecular weight is 487 g/mol. The predicted octanol–water partition coefficient (Wildman–Crippen LogP) is 5.10. The van der Waals surface area contributed by atoms with Crippen molar-refractivity contribution in [3.8, 4) is 11.6 Å². The zero-order valence-corrected chi connectivity index (χ0v) is 21.2. The Balaban J connectivity index is 1.57. The van der Waals surface area contributed by atoms with Crippen LogP contribution >= 0.6 is 0 Å². The molecule has 0 radical (unpaired) electrons. The number of pyridine rings is 1. The molecule has 4 rings (SSSR count). The molecule has 0 unspecified atom stereocenters. The van der Waals surface area contributed by atoms with Gasteiger partial charge in [-0.3, -0.25) is 4.79 Å². The number of aromatic nitrogens is 3. The highest BCUT2D eigenvalue weighted by atomic mass is 16.5. The molecule has 4 aromatic rings. The van der Waals surface area contributed by atoms with Gasteiger partial charge in [0, 0.05) is 23.1 Å². The molecular weight excluding hydrogens is 456 g/mol. The highest BCUT2D eigenvalue weighted by molar-refractivity contribution is 5.95. The molecule has 0 aliphatic carbocycles. The lowest BCUT2D eigenvalue weighted by Crippen LogP contribution is -2.14. The van der Waals surface area contributed by atoms with Crippen LogP contribution in [0.25, 0.3) is 16.7 Å². The molecule has 2 heterocycles. The summed E-state index contributed by atoms with van der Waals surface area (Å²) >= 11 is 0. The number of nitrogens with zero attached hydrogens (tertiary/aromatic N) is 3. The van der Waals surface area contributed by atoms with Crippen molar-refractivity contribution in [1.29, 1.82) is 0 Å². The molecule has 1 N–H and O–H groups in total. The second kappa shape index (κ2) is 10.6. The van der Waals surface area contributed by atoms with Crippen LogP contribution in [0.4, 0.5) is 5.69 Å². The summed E-state index contributed by atoms with van der Waals surface area (Å²) in [6.45, 7) is 8.05. The molecule has 0 spiro atoms. The standard InChI is InChI=1S/C28H30N4O4/c1-6-36-28(34)20-8-7-9-21(16-20)29-24(33)15-14-23-18(3)25-19(4)31-32(26(25)30-27(23)35-5)22-12-10-17(2)11-13-22/h7-13,16H,6,14-15H2,1-5H3,(H,29,33). The smallest absolute Gasteiger partial charge is 0.338 e. The van der Waals surface area contributed by atoms with Crippen LogP contribution in [0.1, 0.15) is 46.1 Å². The van der Waals surface area contributed by atoms with Crippen molar-refractivity contribution >= 4 is 28.6 Å². The number of hydrogen-bond donors (Lipinski definition) is 1. The molecule has 0 fully saturated rings. The SMILES string of the molecule is CCOC(=O)c1cccc(NC(=O)CCc2c(OC)nc3c(c(C)nn3-c3ccc(C)cc3)c2C)c1. The van der Waals surface area contributed by atoms with E-state index in [0.717, 1.165) is 33.5 Å². The number of benzene rings is 2. The van der Waals surface area contributed by atoms with Crippen molar-refractivity contribution in [2.75, 3.05) is 19.0 Å². The molecule has 1 amide bonds. The third-order valence-electron chi connectivity index (χ3n) is 6.06. The Hall–Kier alpha value is -4.20. The van der Waals surface area contributed by atoms with Gasteiger partial charge in [0.25, 0.3) is 0 Å². The van der Waals surface area contributed by atoms with Gasteiger partial charge in [-0.1, -0.05) is 23.8 Å². The zero-order valence-electron chi connectivity index (χ0n) is 21.2. The molecule has 36 heavy (non-hydrogen) atoms. The second-order valence-electron chi connectivity index (χ2n) is 8.61. The number of carbonyl (C=O) groups excluding carboxylic acids is 2. The van der Waals surface area contributed by atoms with Gasteiger partial charge >= 0.3 is 5.97 Å². The number of fused-ring (bicyclic) bond motifs is 1. The maximum Gasteiger partial charge on any atom is 0.338 e. The number of anilines is 1. The lowest BCUT2D eigenvalue weighted by Gasteiger charge is -2.13. The van der Waals surface area contributed by atoms with E-state index in [1.54, 1.807) is 38.3 Å². The van der Waals surface area contributed by atoms with Gasteiger partial charge in [-0.2, -0.15) is 10.1 Å². The molecule has 0 saturated carbocycles. The summed E-state index contributed by atoms with van der Waals surface area (Å²) in [6.07, 6.45) is 0.662. The Morgan fingerprint density at radius 1 is 1.06 bits per heavy atom. The molecule has 0 aliphatic heterocycles. The van der Waals surface area contributed by atoms with Gasteiger partial charge in [-0.05, 0) is 70.0 Å². The topological polar surface area (TPSA) is 95.3 Å². The minimum Gasteiger partial charge on any atom is -0.481 e. The number of nitrogens with one attached hydrogen (secondary N) is 1. The molecule has 0 atom stereocenters. The van der Waals surface area contributed by atoms with Gasteiger partial charge in [0.2, 0.25) is 11.8 Å². The number of aryl methyl sites for hydroxylation is 3. The molecular formula is C28H30N4O4. The fourth-order valence-corrected chi connectivity index (χ4v) is 4.26. The fourth-order valence-electron chi connectivity index (χ4n) is 4.26. The van der Waals surface area contributed by atoms with Crippen LogP contribution in [0.3, 0.4) is 0 Å². The summed E-state index contributed by atoms with van der Waals surface area (Å²) in [4.78, 5) is 29.5. The van der Waals surface area contributed by atoms with E-state index in [0.29, 0.717) is 30.2 Å². The van der Waals surface area contributed by atoms with E-state index < -0.39 is 5.97 Å². The first-order chi connectivity index (χ1) is 17.3. The highest BCUT2D eigenvalue weighted by Crippen LogP contribution is 2.32. The molecule has 0 saturated heterocycles. The third-order valence-corrected chi connectivity index (χ3v) is 6.06. The van der Waals surface area contributed by atoms with E-state index in [2.05, 4.69) is 5.32 Å². The molecule has 8 nitrogen and oxygen atoms in total. The van der Waals surface area contributed by atoms with Crippen molar-refractivity contribution < 1.29 is 19.1 Å². The van der Waals surface area contributed by atoms with E-state index in [-0.39, 0.29) is 12.3 Å². The summed E-state index contributed by atoms with van der Waals surface area (Å²) in [7, 11) is 1.58. The van der Waals surface area contributed by atoms with Gasteiger partial charge in [-0.25, -0.2) is 9.48 Å². The third kappa shape index (κ3) is 5.07. The number of methoxy groups -OCH3 is 1. The van der Waals surface area contributed by atoms with Crippen LogP contribution < -0.4 is 10.1 Å². The van der Waals surface area contributed by atoms with Crippen LogP contribution in [0.2, 0.25) is 0 Å². The molecule has 8 heteroatoms. The van der Waals surface area contributed by atoms with Gasteiger partial charge < -0.3 is 14.8 Å². The summed E-state index contributed by atoms with van der Waals surface area (Å²) in [6, 6.07) is 14.8. The Labute approximate surface area is 210 Å². The monoisotopic (exact) mass is 486 g/mol. The van der Waals surface area contributed by atoms with E-state index >= 15 is 0 Å². The Bertz CT molecular complexity index is 1420. The maximum atomic E-state index is 12.7. The van der Waals surface area contributed by atoms with Crippen LogP contribution in [0, 0.1) is 20.8 Å². The summed E-state index contributed by atoms with van der Waals surface area (Å²) in [5, 5.41) is 8.55. The van der Waals surface area contributed by atoms with E-state index in [1.165, 1.54) is 5.56 Å². The number of hydrogen-bond acceptors (Lipinski definition) is 6. The van der Waals surface area contributed by atoms with Gasteiger partial charge in [-0.15, -0.1) is 0 Å². The Morgan fingerprint density at radius 3 is 2.50 bits per heavy atom. The van der Waals surface area contributed by atoms with Gasteiger partial charge in [0.1, 0.15) is 0 Å². The zero-order chi connectivity index (χ0) is 25.8. The fraction of sp³-hybridized carbons (Fsp3) is 0.286. The van der Waals surface area contributed by atoms with Crippen LogP contribution in [0.5, 0.6) is 5.88 Å². The minimum atomic E-state index is -0.421. The van der Waals surface area contributed by atoms with Crippen molar-refractivity contribution in [2.24, 2.45) is 0 Å². The Kier molecular flexibility index (Phi) is 7.33. The molecule has 2 aromatic carbocycles. The normalized spacial score (nSPS) is 10.9. The quantitative estimate of drug-likeness (QED) is 0.348. The number of amides is 1. The van der Waals surface area contributed by atoms with Gasteiger partial charge in [0.05, 0.1) is 30.7 Å². The first kappa shape index (κ1) is 24.9. The predicted molar refractivity (Wildman–Crippen MR) is 139 cm³/mol. The van der Waals surface area contributed by atoms with Gasteiger partial charge in [0.15, 0.2) is 5.65 Å². The number of rotatable bonds is 8. The Morgan fingerprint density at radius 2 is 1.81 bits per heavy atom. The first-order valence-corrected chi connectivity index (χ1v) is 11.9. The molecule has 0 bridgehead atoms. The lowest BCUT2D eigenvalue weighted by molar-refractivity contribution is -0.116. The molecule has 2 aromatic heterocycles. The minimum absolute atomic E-state index is 0.176. The molecule has 0 aliphatic rings. The lowest BCUT2D eigenvalue weighted by atomic mass is 10.0. The van der Waals surface area contributed by atoms with E-state index in [4.69, 9.17) is 19.6 Å². The highest BCUT2D eigenvalue weighted by Gasteiger charge is 2.20. The summed E-state index contributed by atoms with van der Waals surface area (Å²) in [5.41, 5.74) is 6.46.